The molecule has 0 fully saturated rings. The summed E-state index contributed by atoms with van der Waals surface area (Å²) < 4.78 is 5.64. The monoisotopic (exact) mass is 269 g/mol. The molecule has 0 aromatic heterocycles. The van der Waals surface area contributed by atoms with Gasteiger partial charge in [-0.15, -0.1) is 0 Å². The van der Waals surface area contributed by atoms with Gasteiger partial charge in [0.05, 0.1) is 0 Å². The van der Waals surface area contributed by atoms with Gasteiger partial charge in [-0.05, 0) is 17.7 Å². The van der Waals surface area contributed by atoms with Crippen molar-refractivity contribution < 1.29 is 14.3 Å². The predicted molar refractivity (Wildman–Crippen MR) is 76.5 cm³/mol. The van der Waals surface area contributed by atoms with Crippen molar-refractivity contribution >= 4 is 17.4 Å². The van der Waals surface area contributed by atoms with E-state index in [1.165, 1.54) is 6.92 Å². The average Bonchev–Trinajstić information content (AvgIpc) is 2.46. The number of ketones is 1. The first-order valence-electron chi connectivity index (χ1n) is 6.24. The number of rotatable bonds is 5. The summed E-state index contributed by atoms with van der Waals surface area (Å²) in [5, 5.41) is 2.51. The molecule has 2 aromatic rings. The van der Waals surface area contributed by atoms with Crippen molar-refractivity contribution in [3.63, 3.8) is 0 Å². The Hall–Kier alpha value is -2.62. The van der Waals surface area contributed by atoms with Crippen LogP contribution in [0, 0.1) is 0 Å². The van der Waals surface area contributed by atoms with Crippen LogP contribution in [-0.2, 0) is 16.2 Å². The Morgan fingerprint density at radius 3 is 2.50 bits per heavy atom. The number of anilines is 1. The van der Waals surface area contributed by atoms with Crippen LogP contribution >= 0.6 is 0 Å². The average molecular weight is 269 g/mol. The zero-order chi connectivity index (χ0) is 14.4. The lowest BCUT2D eigenvalue weighted by Gasteiger charge is -2.08. The number of hydrogen-bond acceptors (Lipinski definition) is 3. The van der Waals surface area contributed by atoms with Gasteiger partial charge in [0.15, 0.2) is 0 Å². The van der Waals surface area contributed by atoms with Gasteiger partial charge in [0.2, 0.25) is 5.78 Å². The molecule has 0 saturated carbocycles. The highest BCUT2D eigenvalue weighted by Crippen LogP contribution is 2.18. The third kappa shape index (κ3) is 3.95. The molecule has 0 spiro atoms. The van der Waals surface area contributed by atoms with Gasteiger partial charge < -0.3 is 10.1 Å². The number of hydrogen-bond donors (Lipinski definition) is 1. The minimum absolute atomic E-state index is 0.449. The third-order valence-corrected chi connectivity index (χ3v) is 2.66. The third-order valence-electron chi connectivity index (χ3n) is 2.66. The first kappa shape index (κ1) is 13.8. The first-order valence-corrected chi connectivity index (χ1v) is 6.24. The van der Waals surface area contributed by atoms with E-state index in [1.807, 2.05) is 30.3 Å². The Morgan fingerprint density at radius 1 is 1.05 bits per heavy atom. The van der Waals surface area contributed by atoms with Crippen LogP contribution in [0.2, 0.25) is 0 Å². The molecule has 0 aliphatic rings. The molecule has 0 aliphatic heterocycles. The highest BCUT2D eigenvalue weighted by Gasteiger charge is 2.07. The number of nitrogens with one attached hydrogen (secondary N) is 1. The Morgan fingerprint density at radius 2 is 1.80 bits per heavy atom. The van der Waals surface area contributed by atoms with E-state index < -0.39 is 11.7 Å². The van der Waals surface area contributed by atoms with E-state index in [1.54, 1.807) is 24.3 Å². The van der Waals surface area contributed by atoms with E-state index in [4.69, 9.17) is 4.74 Å². The van der Waals surface area contributed by atoms with Crippen LogP contribution in [0.25, 0.3) is 0 Å². The summed E-state index contributed by atoms with van der Waals surface area (Å²) in [6.45, 7) is 1.68. The maximum absolute atomic E-state index is 11.3. The summed E-state index contributed by atoms with van der Waals surface area (Å²) in [4.78, 5) is 22.2. The second-order valence-corrected chi connectivity index (χ2v) is 4.31. The van der Waals surface area contributed by atoms with Crippen LogP contribution in [0.1, 0.15) is 12.5 Å². The summed E-state index contributed by atoms with van der Waals surface area (Å²) in [6, 6.07) is 16.7. The van der Waals surface area contributed by atoms with Crippen molar-refractivity contribution in [1.29, 1.82) is 0 Å². The van der Waals surface area contributed by atoms with Crippen LogP contribution in [0.15, 0.2) is 54.6 Å². The molecule has 0 bridgehead atoms. The topological polar surface area (TPSA) is 55.4 Å². The van der Waals surface area contributed by atoms with E-state index in [0.29, 0.717) is 18.0 Å². The molecule has 0 atom stereocenters. The maximum atomic E-state index is 11.3. The van der Waals surface area contributed by atoms with E-state index in [0.717, 1.165) is 5.56 Å². The lowest BCUT2D eigenvalue weighted by molar-refractivity contribution is -0.133. The number of Topliss-reactive ketones (excluding diaryl/α,β-unsaturated/α-hetero) is 1. The molecule has 4 nitrogen and oxygen atoms in total. The minimum Gasteiger partial charge on any atom is -0.489 e. The van der Waals surface area contributed by atoms with Crippen molar-refractivity contribution in [3.8, 4) is 5.75 Å². The molecule has 0 heterocycles. The molecule has 0 unspecified atom stereocenters. The van der Waals surface area contributed by atoms with Gasteiger partial charge >= 0.3 is 0 Å². The molecule has 0 aliphatic carbocycles. The molecule has 2 aromatic carbocycles. The molecule has 4 heteroatoms. The van der Waals surface area contributed by atoms with Crippen molar-refractivity contribution in [2.45, 2.75) is 13.5 Å². The van der Waals surface area contributed by atoms with E-state index >= 15 is 0 Å². The summed E-state index contributed by atoms with van der Waals surface area (Å²) in [5.74, 6) is -0.527. The fourth-order valence-electron chi connectivity index (χ4n) is 1.62. The van der Waals surface area contributed by atoms with Crippen LogP contribution in [0.3, 0.4) is 0 Å². The van der Waals surface area contributed by atoms with Crippen LogP contribution in [0.5, 0.6) is 5.75 Å². The summed E-state index contributed by atoms with van der Waals surface area (Å²) >= 11 is 0. The second kappa shape index (κ2) is 6.52. The number of benzene rings is 2. The van der Waals surface area contributed by atoms with Crippen LogP contribution < -0.4 is 10.1 Å². The molecular formula is C16H15NO3. The van der Waals surface area contributed by atoms with Gasteiger partial charge in [0.25, 0.3) is 5.91 Å². The number of carbonyl (C=O) groups is 2. The van der Waals surface area contributed by atoms with Gasteiger partial charge in [-0.2, -0.15) is 0 Å². The Labute approximate surface area is 117 Å². The fraction of sp³-hybridized carbons (Fsp3) is 0.125. The van der Waals surface area contributed by atoms with Gasteiger partial charge in [0.1, 0.15) is 12.4 Å². The summed E-state index contributed by atoms with van der Waals surface area (Å²) in [5.41, 5.74) is 1.60. The van der Waals surface area contributed by atoms with Gasteiger partial charge in [-0.1, -0.05) is 36.4 Å². The molecular weight excluding hydrogens is 254 g/mol. The van der Waals surface area contributed by atoms with Crippen molar-refractivity contribution in [2.75, 3.05) is 5.32 Å². The predicted octanol–water partition coefficient (Wildman–Crippen LogP) is 2.79. The number of ether oxygens (including phenoxy) is 1. The van der Waals surface area contributed by atoms with Crippen molar-refractivity contribution in [3.05, 3.63) is 60.2 Å². The smallest absolute Gasteiger partial charge is 0.291 e. The largest absolute Gasteiger partial charge is 0.489 e. The molecule has 1 N–H and O–H groups in total. The number of carbonyl (C=O) groups excluding carboxylic acids is 2. The lowest BCUT2D eigenvalue weighted by atomic mass is 10.2. The van der Waals surface area contributed by atoms with E-state index in [-0.39, 0.29) is 0 Å². The summed E-state index contributed by atoms with van der Waals surface area (Å²) in [7, 11) is 0. The lowest BCUT2D eigenvalue weighted by Crippen LogP contribution is -2.19. The Kier molecular flexibility index (Phi) is 4.50. The zero-order valence-electron chi connectivity index (χ0n) is 11.1. The highest BCUT2D eigenvalue weighted by atomic mass is 16.5. The van der Waals surface area contributed by atoms with Crippen molar-refractivity contribution in [2.24, 2.45) is 0 Å². The van der Waals surface area contributed by atoms with Gasteiger partial charge in [-0.25, -0.2) is 0 Å². The zero-order valence-corrected chi connectivity index (χ0v) is 11.1. The number of amides is 1. The molecule has 20 heavy (non-hydrogen) atoms. The van der Waals surface area contributed by atoms with E-state index in [2.05, 4.69) is 5.32 Å². The van der Waals surface area contributed by atoms with E-state index in [9.17, 15) is 9.59 Å². The van der Waals surface area contributed by atoms with Crippen LogP contribution in [-0.4, -0.2) is 11.7 Å². The van der Waals surface area contributed by atoms with Gasteiger partial charge in [-0.3, -0.25) is 9.59 Å². The van der Waals surface area contributed by atoms with Crippen molar-refractivity contribution in [1.82, 2.24) is 0 Å². The molecule has 2 rings (SSSR count). The van der Waals surface area contributed by atoms with Gasteiger partial charge in [0, 0.05) is 18.7 Å². The maximum Gasteiger partial charge on any atom is 0.291 e. The first-order chi connectivity index (χ1) is 9.65. The molecule has 102 valence electrons. The van der Waals surface area contributed by atoms with Crippen LogP contribution in [0.4, 0.5) is 5.69 Å². The Bertz CT molecular complexity index is 608. The quantitative estimate of drug-likeness (QED) is 0.849. The highest BCUT2D eigenvalue weighted by molar-refractivity contribution is 6.39. The summed E-state index contributed by atoms with van der Waals surface area (Å²) in [6.07, 6.45) is 0. The molecule has 0 saturated heterocycles. The fourth-order valence-corrected chi connectivity index (χ4v) is 1.62. The SMILES string of the molecule is CC(=O)C(=O)Nc1cccc(OCc2ccccc2)c1. The molecule has 0 radical (unpaired) electrons. The minimum atomic E-state index is -0.634. The second-order valence-electron chi connectivity index (χ2n) is 4.31. The Balaban J connectivity index is 1.99. The molecule has 1 amide bonds. The standard InChI is InChI=1S/C16H15NO3/c1-12(18)16(19)17-14-8-5-9-15(10-14)20-11-13-6-3-2-4-7-13/h2-10H,11H2,1H3,(H,17,19). The normalized spacial score (nSPS) is 9.85.